The van der Waals surface area contributed by atoms with Crippen LogP contribution in [0.15, 0.2) is 48.0 Å². The monoisotopic (exact) mass is 490 g/mol. The molecule has 0 fully saturated rings. The topological polar surface area (TPSA) is 78.4 Å². The molecule has 6 nitrogen and oxygen atoms in total. The highest BCUT2D eigenvalue weighted by Crippen LogP contribution is 2.30. The van der Waals surface area contributed by atoms with Crippen molar-refractivity contribution in [3.63, 3.8) is 0 Å². The van der Waals surface area contributed by atoms with Crippen LogP contribution in [0, 0.1) is 0 Å². The molecule has 29 heavy (non-hydrogen) atoms. The molecule has 9 heteroatoms. The van der Waals surface area contributed by atoms with E-state index in [0.29, 0.717) is 9.75 Å². The first-order chi connectivity index (χ1) is 14.0. The second-order valence-corrected chi connectivity index (χ2v) is 8.60. The van der Waals surface area contributed by atoms with Crippen LogP contribution in [-0.2, 0) is 9.47 Å². The highest BCUT2D eigenvalue weighted by molar-refractivity contribution is 9.10. The van der Waals surface area contributed by atoms with Crippen LogP contribution in [0.3, 0.4) is 0 Å². The largest absolute Gasteiger partial charge is 0.465 e. The van der Waals surface area contributed by atoms with Crippen LogP contribution in [0.4, 0.5) is 0 Å². The number of methoxy groups -OCH3 is 2. The smallest absolute Gasteiger partial charge is 0.348 e. The van der Waals surface area contributed by atoms with Gasteiger partial charge in [0, 0.05) is 45.6 Å². The minimum absolute atomic E-state index is 0.307. The van der Waals surface area contributed by atoms with E-state index < -0.39 is 0 Å². The third kappa shape index (κ3) is 4.52. The van der Waals surface area contributed by atoms with Crippen LogP contribution in [-0.4, -0.2) is 36.1 Å². The van der Waals surface area contributed by atoms with Crippen LogP contribution in [0.2, 0.25) is 0 Å². The van der Waals surface area contributed by atoms with E-state index in [2.05, 4.69) is 42.0 Å². The van der Waals surface area contributed by atoms with Crippen molar-refractivity contribution in [2.75, 3.05) is 14.2 Å². The van der Waals surface area contributed by atoms with Gasteiger partial charge in [-0.25, -0.2) is 9.59 Å². The summed E-state index contributed by atoms with van der Waals surface area (Å²) in [5.41, 5.74) is 0.930. The number of halogens is 1. The summed E-state index contributed by atoms with van der Waals surface area (Å²) in [5, 5.41) is 1.98. The molecule has 0 atom stereocenters. The van der Waals surface area contributed by atoms with Crippen molar-refractivity contribution >= 4 is 76.8 Å². The van der Waals surface area contributed by atoms with E-state index in [4.69, 9.17) is 0 Å². The van der Waals surface area contributed by atoms with Crippen molar-refractivity contribution in [3.8, 4) is 0 Å². The Kier molecular flexibility index (Phi) is 6.73. The van der Waals surface area contributed by atoms with Crippen molar-refractivity contribution in [3.05, 3.63) is 63.3 Å². The van der Waals surface area contributed by atoms with Gasteiger partial charge in [-0.3, -0.25) is 9.97 Å². The number of nitrogens with zero attached hydrogens (tertiary/aromatic N) is 2. The lowest BCUT2D eigenvalue weighted by atomic mass is 10.2. The van der Waals surface area contributed by atoms with Gasteiger partial charge < -0.3 is 9.47 Å². The Balaban J connectivity index is 0.000000166. The minimum atomic E-state index is -0.314. The first kappa shape index (κ1) is 21.1. The number of fused-ring (bicyclic) bond motifs is 2. The number of carbonyl (C=O) groups excluding carboxylic acids is 2. The molecule has 4 heterocycles. The number of carbonyl (C=O) groups is 2. The maximum absolute atomic E-state index is 11.3. The summed E-state index contributed by atoms with van der Waals surface area (Å²) in [5.74, 6) is -0.621. The highest BCUT2D eigenvalue weighted by atomic mass is 79.9. The first-order valence-electron chi connectivity index (χ1n) is 8.18. The molecular weight excluding hydrogens is 476 g/mol. The quantitative estimate of drug-likeness (QED) is 0.349. The van der Waals surface area contributed by atoms with Crippen LogP contribution in [0.1, 0.15) is 24.9 Å². The standard InChI is InChI=1S/C11H9NO2S.C9H6BrNO2S/c1-3-7-5-12-6-10-8(7)4-9(15-10)11(13)14-2;1-13-9(12)7-2-5-6(10)3-11-4-8(5)14-7/h3-6H,1H2,2H3;2-4H,1H3. The third-order valence-corrected chi connectivity index (χ3v) is 6.60. The lowest BCUT2D eigenvalue weighted by molar-refractivity contribution is 0.0597. The Labute approximate surface area is 182 Å². The molecule has 4 aromatic rings. The number of hydrogen-bond donors (Lipinski definition) is 0. The van der Waals surface area contributed by atoms with Gasteiger partial charge in [0.25, 0.3) is 0 Å². The number of rotatable bonds is 3. The van der Waals surface area contributed by atoms with Crippen molar-refractivity contribution in [2.45, 2.75) is 0 Å². The number of pyridine rings is 2. The zero-order valence-electron chi connectivity index (χ0n) is 15.5. The molecule has 148 valence electrons. The van der Waals surface area contributed by atoms with Gasteiger partial charge in [0.05, 0.1) is 23.6 Å². The molecule has 0 spiro atoms. The fourth-order valence-electron chi connectivity index (χ4n) is 2.47. The molecule has 0 aromatic carbocycles. The molecule has 0 radical (unpaired) electrons. The zero-order chi connectivity index (χ0) is 21.0. The molecule has 0 aliphatic heterocycles. The number of aromatic nitrogens is 2. The molecule has 0 aliphatic rings. The fraction of sp³-hybridized carbons (Fsp3) is 0.100. The average molecular weight is 491 g/mol. The van der Waals surface area contributed by atoms with Gasteiger partial charge in [-0.1, -0.05) is 12.7 Å². The van der Waals surface area contributed by atoms with E-state index >= 15 is 0 Å². The van der Waals surface area contributed by atoms with Gasteiger partial charge in [-0.15, -0.1) is 22.7 Å². The van der Waals surface area contributed by atoms with Crippen LogP contribution >= 0.6 is 38.6 Å². The Morgan fingerprint density at radius 3 is 1.97 bits per heavy atom. The SMILES string of the molecule is C=Cc1cncc2sc(C(=O)OC)cc12.COC(=O)c1cc2c(Br)cncc2s1. The molecule has 4 aromatic heterocycles. The summed E-state index contributed by atoms with van der Waals surface area (Å²) in [6.07, 6.45) is 8.62. The lowest BCUT2D eigenvalue weighted by Gasteiger charge is -1.92. The predicted molar refractivity (Wildman–Crippen MR) is 120 cm³/mol. The summed E-state index contributed by atoms with van der Waals surface area (Å²) in [4.78, 5) is 31.8. The Morgan fingerprint density at radius 1 is 0.931 bits per heavy atom. The van der Waals surface area contributed by atoms with E-state index in [0.717, 1.165) is 30.2 Å². The fourth-order valence-corrected chi connectivity index (χ4v) is 5.00. The Hall–Kier alpha value is -2.62. The predicted octanol–water partition coefficient (Wildman–Crippen LogP) is 5.57. The number of hydrogen-bond acceptors (Lipinski definition) is 8. The Morgan fingerprint density at radius 2 is 1.45 bits per heavy atom. The molecule has 0 unspecified atom stereocenters. The molecule has 0 bridgehead atoms. The number of ether oxygens (including phenoxy) is 2. The zero-order valence-corrected chi connectivity index (χ0v) is 18.7. The first-order valence-corrected chi connectivity index (χ1v) is 10.6. The molecule has 0 aliphatic carbocycles. The molecule has 0 amide bonds. The summed E-state index contributed by atoms with van der Waals surface area (Å²) < 4.78 is 12.1. The molecule has 4 rings (SSSR count). The van der Waals surface area contributed by atoms with Crippen molar-refractivity contribution < 1.29 is 19.1 Å². The summed E-state index contributed by atoms with van der Waals surface area (Å²) in [6, 6.07) is 3.61. The van der Waals surface area contributed by atoms with E-state index in [1.165, 1.54) is 36.9 Å². The number of thiophene rings is 2. The van der Waals surface area contributed by atoms with Crippen LogP contribution in [0.5, 0.6) is 0 Å². The van der Waals surface area contributed by atoms with Gasteiger partial charge >= 0.3 is 11.9 Å². The van der Waals surface area contributed by atoms with E-state index in [-0.39, 0.29) is 11.9 Å². The normalized spacial score (nSPS) is 10.3. The maximum Gasteiger partial charge on any atom is 0.348 e. The van der Waals surface area contributed by atoms with E-state index in [9.17, 15) is 9.59 Å². The second kappa shape index (κ2) is 9.25. The second-order valence-electron chi connectivity index (χ2n) is 5.58. The summed E-state index contributed by atoms with van der Waals surface area (Å²) in [7, 11) is 2.75. The molecule has 0 saturated carbocycles. The summed E-state index contributed by atoms with van der Waals surface area (Å²) >= 11 is 6.13. The van der Waals surface area contributed by atoms with E-state index in [1.807, 2.05) is 6.07 Å². The van der Waals surface area contributed by atoms with Gasteiger partial charge in [0.15, 0.2) is 0 Å². The van der Waals surface area contributed by atoms with Crippen LogP contribution in [0.25, 0.3) is 26.2 Å². The Bertz CT molecular complexity index is 1220. The number of esters is 2. The van der Waals surface area contributed by atoms with Crippen LogP contribution < -0.4 is 0 Å². The van der Waals surface area contributed by atoms with Gasteiger partial charge in [-0.2, -0.15) is 0 Å². The van der Waals surface area contributed by atoms with Gasteiger partial charge in [-0.05, 0) is 28.1 Å². The summed E-state index contributed by atoms with van der Waals surface area (Å²) in [6.45, 7) is 3.70. The average Bonchev–Trinajstić information content (AvgIpc) is 3.38. The van der Waals surface area contributed by atoms with E-state index in [1.54, 1.807) is 36.9 Å². The van der Waals surface area contributed by atoms with Gasteiger partial charge in [0.2, 0.25) is 0 Å². The highest BCUT2D eigenvalue weighted by Gasteiger charge is 2.12. The van der Waals surface area contributed by atoms with Crippen molar-refractivity contribution in [1.29, 1.82) is 0 Å². The molecular formula is C20H15BrN2O4S2. The molecule has 0 saturated heterocycles. The minimum Gasteiger partial charge on any atom is -0.465 e. The molecule has 0 N–H and O–H groups in total. The van der Waals surface area contributed by atoms with Gasteiger partial charge in [0.1, 0.15) is 9.75 Å². The van der Waals surface area contributed by atoms with Crippen molar-refractivity contribution in [2.24, 2.45) is 0 Å². The van der Waals surface area contributed by atoms with Crippen molar-refractivity contribution in [1.82, 2.24) is 9.97 Å². The lowest BCUT2D eigenvalue weighted by Crippen LogP contribution is -1.96. The maximum atomic E-state index is 11.3. The third-order valence-electron chi connectivity index (χ3n) is 3.87.